The molecule has 0 N–H and O–H groups in total. The second-order valence-corrected chi connectivity index (χ2v) is 6.06. The van der Waals surface area contributed by atoms with Crippen LogP contribution in [0.25, 0.3) is 11.1 Å². The van der Waals surface area contributed by atoms with Gasteiger partial charge in [0, 0.05) is 11.1 Å². The third-order valence-electron chi connectivity index (χ3n) is 2.77. The first-order valence-corrected chi connectivity index (χ1v) is 7.76. The summed E-state index contributed by atoms with van der Waals surface area (Å²) in [5.41, 5.74) is -6.31. The molecule has 0 spiro atoms. The molecule has 0 unspecified atom stereocenters. The smallest absolute Gasteiger partial charge is 0.405 e. The predicted molar refractivity (Wildman–Crippen MR) is 74.2 cm³/mol. The highest BCUT2D eigenvalue weighted by molar-refractivity contribution is 7.88. The van der Waals surface area contributed by atoms with E-state index in [2.05, 4.69) is 8.92 Å². The molecule has 0 radical (unpaired) electrons. The summed E-state index contributed by atoms with van der Waals surface area (Å²) in [6, 6.07) is 8.98. The number of ether oxygens (including phenoxy) is 1. The Hall–Kier alpha value is -2.43. The van der Waals surface area contributed by atoms with Gasteiger partial charge in [-0.1, -0.05) is 36.4 Å². The molecule has 0 aliphatic rings. The molecule has 0 atom stereocenters. The first-order valence-electron chi connectivity index (χ1n) is 6.36. The third kappa shape index (κ3) is 4.56. The summed E-state index contributed by atoms with van der Waals surface area (Å²) in [5, 5.41) is 0. The maximum Gasteiger partial charge on any atom is 0.573 e. The number of hydrogen-bond donors (Lipinski definition) is 0. The van der Waals surface area contributed by atoms with Gasteiger partial charge in [-0.05, 0) is 12.1 Å². The number of para-hydroxylation sites is 2. The Bertz CT molecular complexity index is 858. The summed E-state index contributed by atoms with van der Waals surface area (Å²) in [7, 11) is -5.99. The van der Waals surface area contributed by atoms with E-state index in [-0.39, 0.29) is 11.1 Å². The molecule has 0 aliphatic carbocycles. The average molecular weight is 386 g/mol. The van der Waals surface area contributed by atoms with Crippen molar-refractivity contribution in [1.29, 1.82) is 0 Å². The largest absolute Gasteiger partial charge is 0.573 e. The van der Waals surface area contributed by atoms with E-state index in [1.165, 1.54) is 18.2 Å². The summed E-state index contributed by atoms with van der Waals surface area (Å²) in [6.45, 7) is 0. The van der Waals surface area contributed by atoms with Crippen molar-refractivity contribution in [2.75, 3.05) is 0 Å². The van der Waals surface area contributed by atoms with Crippen molar-refractivity contribution in [1.82, 2.24) is 0 Å². The molecule has 25 heavy (non-hydrogen) atoms. The van der Waals surface area contributed by atoms with E-state index >= 15 is 0 Å². The molecule has 2 aromatic rings. The van der Waals surface area contributed by atoms with Gasteiger partial charge in [-0.25, -0.2) is 0 Å². The fourth-order valence-corrected chi connectivity index (χ4v) is 2.31. The lowest BCUT2D eigenvalue weighted by Gasteiger charge is -2.16. The first kappa shape index (κ1) is 18.9. The molecule has 0 saturated carbocycles. The van der Waals surface area contributed by atoms with Crippen LogP contribution in [-0.4, -0.2) is 20.3 Å². The van der Waals surface area contributed by atoms with Crippen LogP contribution >= 0.6 is 0 Å². The first-order chi connectivity index (χ1) is 11.4. The Morgan fingerprint density at radius 2 is 1.16 bits per heavy atom. The normalized spacial score (nSPS) is 12.7. The standard InChI is InChI=1S/C14H8F6O4S/c15-13(16,17)23-11-7-3-1-5-9(11)10-6-2-4-8-12(10)24-25(21,22)14(18,19)20/h1-8H. The number of alkyl halides is 6. The zero-order chi connectivity index (χ0) is 18.9. The molecule has 0 amide bonds. The predicted octanol–water partition coefficient (Wildman–Crippen LogP) is 4.48. The Morgan fingerprint density at radius 1 is 0.720 bits per heavy atom. The van der Waals surface area contributed by atoms with Crippen LogP contribution in [0.2, 0.25) is 0 Å². The fourth-order valence-electron chi connectivity index (χ4n) is 1.83. The fraction of sp³-hybridized carbons (Fsp3) is 0.143. The third-order valence-corrected chi connectivity index (χ3v) is 3.74. The second-order valence-electron chi connectivity index (χ2n) is 4.52. The van der Waals surface area contributed by atoms with Gasteiger partial charge in [-0.2, -0.15) is 21.6 Å². The van der Waals surface area contributed by atoms with Gasteiger partial charge < -0.3 is 8.92 Å². The van der Waals surface area contributed by atoms with Crippen LogP contribution in [0.3, 0.4) is 0 Å². The topological polar surface area (TPSA) is 52.6 Å². The lowest BCUT2D eigenvalue weighted by molar-refractivity contribution is -0.274. The lowest BCUT2D eigenvalue weighted by Crippen LogP contribution is -2.28. The molecular weight excluding hydrogens is 378 g/mol. The average Bonchev–Trinajstić information content (AvgIpc) is 2.45. The molecule has 4 nitrogen and oxygen atoms in total. The Morgan fingerprint density at radius 3 is 1.64 bits per heavy atom. The van der Waals surface area contributed by atoms with Gasteiger partial charge in [0.15, 0.2) is 5.75 Å². The second kappa shape index (κ2) is 6.47. The van der Waals surface area contributed by atoms with E-state index in [0.717, 1.165) is 30.3 Å². The van der Waals surface area contributed by atoms with Crippen LogP contribution in [0, 0.1) is 0 Å². The molecule has 2 rings (SSSR count). The van der Waals surface area contributed by atoms with Crippen molar-refractivity contribution < 1.29 is 43.7 Å². The van der Waals surface area contributed by atoms with Crippen LogP contribution in [0.5, 0.6) is 11.5 Å². The van der Waals surface area contributed by atoms with Gasteiger partial charge in [-0.3, -0.25) is 0 Å². The molecule has 0 bridgehead atoms. The Balaban J connectivity index is 2.53. The van der Waals surface area contributed by atoms with Gasteiger partial charge >= 0.3 is 22.0 Å². The van der Waals surface area contributed by atoms with E-state index < -0.39 is 33.5 Å². The Labute approximate surface area is 137 Å². The zero-order valence-corrected chi connectivity index (χ0v) is 12.7. The SMILES string of the molecule is O=S(=O)(Oc1ccccc1-c1ccccc1OC(F)(F)F)C(F)(F)F. The minimum Gasteiger partial charge on any atom is -0.405 e. The monoisotopic (exact) mass is 386 g/mol. The number of rotatable bonds is 4. The summed E-state index contributed by atoms with van der Waals surface area (Å²) in [4.78, 5) is 0. The lowest BCUT2D eigenvalue weighted by atomic mass is 10.0. The summed E-state index contributed by atoms with van der Waals surface area (Å²) < 4.78 is 105. The molecule has 11 heteroatoms. The quantitative estimate of drug-likeness (QED) is 0.442. The maximum absolute atomic E-state index is 12.5. The Kier molecular flexibility index (Phi) is 4.89. The van der Waals surface area contributed by atoms with Crippen molar-refractivity contribution >= 4 is 10.1 Å². The molecule has 0 fully saturated rings. The highest BCUT2D eigenvalue weighted by Gasteiger charge is 2.48. The number of halogens is 6. The van der Waals surface area contributed by atoms with E-state index in [9.17, 15) is 34.8 Å². The van der Waals surface area contributed by atoms with Crippen LogP contribution in [0.15, 0.2) is 48.5 Å². The number of hydrogen-bond acceptors (Lipinski definition) is 4. The van der Waals surface area contributed by atoms with Gasteiger partial charge in [0.05, 0.1) is 0 Å². The summed E-state index contributed by atoms with van der Waals surface area (Å²) in [5.74, 6) is -1.52. The van der Waals surface area contributed by atoms with Crippen molar-refractivity contribution in [3.05, 3.63) is 48.5 Å². The van der Waals surface area contributed by atoms with Crippen LogP contribution in [-0.2, 0) is 10.1 Å². The van der Waals surface area contributed by atoms with Crippen molar-refractivity contribution in [2.24, 2.45) is 0 Å². The van der Waals surface area contributed by atoms with Gasteiger partial charge in [0.25, 0.3) is 0 Å². The van der Waals surface area contributed by atoms with Crippen LogP contribution in [0.4, 0.5) is 26.3 Å². The van der Waals surface area contributed by atoms with Gasteiger partial charge in [0.2, 0.25) is 0 Å². The van der Waals surface area contributed by atoms with Crippen molar-refractivity contribution in [2.45, 2.75) is 11.9 Å². The summed E-state index contributed by atoms with van der Waals surface area (Å²) >= 11 is 0. The maximum atomic E-state index is 12.5. The highest BCUT2D eigenvalue weighted by Crippen LogP contribution is 2.40. The minimum absolute atomic E-state index is 0.298. The summed E-state index contributed by atoms with van der Waals surface area (Å²) in [6.07, 6.45) is -5.05. The molecule has 0 saturated heterocycles. The van der Waals surface area contributed by atoms with Gasteiger partial charge in [0.1, 0.15) is 5.75 Å². The van der Waals surface area contributed by atoms with Crippen LogP contribution < -0.4 is 8.92 Å². The molecule has 2 aromatic carbocycles. The molecule has 0 aliphatic heterocycles. The van der Waals surface area contributed by atoms with Gasteiger partial charge in [-0.15, -0.1) is 13.2 Å². The van der Waals surface area contributed by atoms with Crippen molar-refractivity contribution in [3.8, 4) is 22.6 Å². The molecule has 0 aromatic heterocycles. The van der Waals surface area contributed by atoms with Crippen molar-refractivity contribution in [3.63, 3.8) is 0 Å². The molecule has 0 heterocycles. The van der Waals surface area contributed by atoms with E-state index in [0.29, 0.717) is 0 Å². The highest BCUT2D eigenvalue weighted by atomic mass is 32.2. The van der Waals surface area contributed by atoms with E-state index in [4.69, 9.17) is 0 Å². The number of benzene rings is 2. The zero-order valence-electron chi connectivity index (χ0n) is 11.9. The minimum atomic E-state index is -5.99. The van der Waals surface area contributed by atoms with E-state index in [1.54, 1.807) is 0 Å². The van der Waals surface area contributed by atoms with E-state index in [1.807, 2.05) is 0 Å². The molecule has 136 valence electrons. The van der Waals surface area contributed by atoms with Crippen LogP contribution in [0.1, 0.15) is 0 Å². The molecular formula is C14H8F6O4S.